The Morgan fingerprint density at radius 2 is 1.00 bits per heavy atom. The minimum atomic E-state index is 0.273. The van der Waals surface area contributed by atoms with E-state index in [0.717, 1.165) is 19.5 Å². The quantitative estimate of drug-likeness (QED) is 0.165. The molecule has 0 aliphatic carbocycles. The highest BCUT2D eigenvalue weighted by atomic mass is 16.5. The second-order valence-electron chi connectivity index (χ2n) is 10.4. The summed E-state index contributed by atoms with van der Waals surface area (Å²) in [7, 11) is 1.90. The van der Waals surface area contributed by atoms with Crippen LogP contribution in [0.4, 0.5) is 0 Å². The standard InChI is InChI=1S/C33H53NO/c1-4-5-6-7-8-9-10-11-12-13-14-15-22-27-33(35-3)30(2)34(28-31-23-18-16-19-24-31)29-32-25-20-17-21-26-32/h16-21,23-26,30,33H,4-15,22,27-29H2,1-3H3. The molecular formula is C33H53NO. The largest absolute Gasteiger partial charge is 0.380 e. The summed E-state index contributed by atoms with van der Waals surface area (Å²) in [5.41, 5.74) is 2.73. The summed E-state index contributed by atoms with van der Waals surface area (Å²) in [5, 5.41) is 0. The molecule has 2 heteroatoms. The van der Waals surface area contributed by atoms with Crippen LogP contribution in [0.1, 0.15) is 115 Å². The predicted octanol–water partition coefficient (Wildman–Crippen LogP) is 9.57. The molecule has 2 atom stereocenters. The first-order valence-electron chi connectivity index (χ1n) is 14.6. The van der Waals surface area contributed by atoms with Gasteiger partial charge >= 0.3 is 0 Å². The number of benzene rings is 2. The van der Waals surface area contributed by atoms with E-state index < -0.39 is 0 Å². The van der Waals surface area contributed by atoms with Gasteiger partial charge in [0.05, 0.1) is 6.10 Å². The number of rotatable bonds is 21. The highest BCUT2D eigenvalue weighted by molar-refractivity contribution is 5.17. The molecule has 0 aliphatic rings. The van der Waals surface area contributed by atoms with Crippen molar-refractivity contribution in [3.63, 3.8) is 0 Å². The van der Waals surface area contributed by atoms with Gasteiger partial charge in [0.2, 0.25) is 0 Å². The fourth-order valence-corrected chi connectivity index (χ4v) is 5.13. The van der Waals surface area contributed by atoms with Crippen molar-refractivity contribution in [2.75, 3.05) is 7.11 Å². The molecular weight excluding hydrogens is 426 g/mol. The number of nitrogens with zero attached hydrogens (tertiary/aromatic N) is 1. The van der Waals surface area contributed by atoms with Crippen LogP contribution in [0.2, 0.25) is 0 Å². The summed E-state index contributed by atoms with van der Waals surface area (Å²) in [6.45, 7) is 6.55. The number of methoxy groups -OCH3 is 1. The molecule has 2 rings (SSSR count). The molecule has 0 aliphatic heterocycles. The van der Waals surface area contributed by atoms with Crippen LogP contribution >= 0.6 is 0 Å². The third-order valence-corrected chi connectivity index (χ3v) is 7.47. The average Bonchev–Trinajstić information content (AvgIpc) is 2.89. The maximum absolute atomic E-state index is 6.03. The lowest BCUT2D eigenvalue weighted by molar-refractivity contribution is 0.00810. The van der Waals surface area contributed by atoms with E-state index in [1.165, 1.54) is 94.6 Å². The van der Waals surface area contributed by atoms with Gasteiger partial charge in [0.15, 0.2) is 0 Å². The van der Waals surface area contributed by atoms with Gasteiger partial charge in [0.1, 0.15) is 0 Å². The first-order chi connectivity index (χ1) is 17.2. The molecule has 2 aromatic carbocycles. The maximum Gasteiger partial charge on any atom is 0.0724 e. The van der Waals surface area contributed by atoms with Gasteiger partial charge < -0.3 is 4.74 Å². The van der Waals surface area contributed by atoms with Crippen molar-refractivity contribution in [1.82, 2.24) is 4.90 Å². The zero-order valence-electron chi connectivity index (χ0n) is 23.1. The summed E-state index contributed by atoms with van der Waals surface area (Å²) >= 11 is 0. The highest BCUT2D eigenvalue weighted by Crippen LogP contribution is 2.21. The first-order valence-corrected chi connectivity index (χ1v) is 14.6. The Morgan fingerprint density at radius 3 is 1.40 bits per heavy atom. The Bertz CT molecular complexity index is 675. The smallest absolute Gasteiger partial charge is 0.0724 e. The fourth-order valence-electron chi connectivity index (χ4n) is 5.13. The molecule has 0 amide bonds. The molecule has 0 aromatic heterocycles. The van der Waals surface area contributed by atoms with Crippen molar-refractivity contribution in [1.29, 1.82) is 0 Å². The van der Waals surface area contributed by atoms with Gasteiger partial charge in [-0.2, -0.15) is 0 Å². The van der Waals surface area contributed by atoms with E-state index in [1.807, 2.05) is 7.11 Å². The van der Waals surface area contributed by atoms with Crippen LogP contribution in [-0.2, 0) is 17.8 Å². The summed E-state index contributed by atoms with van der Waals surface area (Å²) in [6, 6.07) is 22.1. The lowest BCUT2D eigenvalue weighted by Gasteiger charge is -2.34. The van der Waals surface area contributed by atoms with Gasteiger partial charge in [-0.25, -0.2) is 0 Å². The second-order valence-corrected chi connectivity index (χ2v) is 10.4. The number of hydrogen-bond acceptors (Lipinski definition) is 2. The summed E-state index contributed by atoms with van der Waals surface area (Å²) in [6.07, 6.45) is 19.6. The third kappa shape index (κ3) is 13.3. The van der Waals surface area contributed by atoms with Crippen molar-refractivity contribution in [3.05, 3.63) is 71.8 Å². The van der Waals surface area contributed by atoms with Gasteiger partial charge in [-0.05, 0) is 24.5 Å². The molecule has 2 aromatic rings. The van der Waals surface area contributed by atoms with Gasteiger partial charge in [0.25, 0.3) is 0 Å². The molecule has 2 nitrogen and oxygen atoms in total. The summed E-state index contributed by atoms with van der Waals surface area (Å²) in [5.74, 6) is 0. The van der Waals surface area contributed by atoms with Crippen LogP contribution in [0.15, 0.2) is 60.7 Å². The Labute approximate surface area is 217 Å². The van der Waals surface area contributed by atoms with E-state index in [2.05, 4.69) is 79.4 Å². The summed E-state index contributed by atoms with van der Waals surface area (Å²) < 4.78 is 6.03. The van der Waals surface area contributed by atoms with Crippen molar-refractivity contribution in [2.45, 2.75) is 129 Å². The number of hydrogen-bond donors (Lipinski definition) is 0. The molecule has 0 N–H and O–H groups in total. The first kappa shape index (κ1) is 29.6. The Balaban J connectivity index is 1.68. The second kappa shape index (κ2) is 19.5. The highest BCUT2D eigenvalue weighted by Gasteiger charge is 2.23. The van der Waals surface area contributed by atoms with Gasteiger partial charge in [0, 0.05) is 26.2 Å². The monoisotopic (exact) mass is 479 g/mol. The van der Waals surface area contributed by atoms with Crippen LogP contribution in [0.3, 0.4) is 0 Å². The Morgan fingerprint density at radius 1 is 0.600 bits per heavy atom. The molecule has 0 bridgehead atoms. The molecule has 0 saturated heterocycles. The number of ether oxygens (including phenoxy) is 1. The van der Waals surface area contributed by atoms with Gasteiger partial charge in [-0.3, -0.25) is 4.90 Å². The van der Waals surface area contributed by atoms with Crippen LogP contribution < -0.4 is 0 Å². The van der Waals surface area contributed by atoms with Crippen molar-refractivity contribution in [2.24, 2.45) is 0 Å². The molecule has 0 saturated carbocycles. The van der Waals surface area contributed by atoms with E-state index >= 15 is 0 Å². The molecule has 0 fully saturated rings. The van der Waals surface area contributed by atoms with Gasteiger partial charge in [-0.1, -0.05) is 151 Å². The molecule has 0 radical (unpaired) electrons. The average molecular weight is 480 g/mol. The molecule has 0 heterocycles. The zero-order valence-corrected chi connectivity index (χ0v) is 23.1. The SMILES string of the molecule is CCCCCCCCCCCCCCCC(OC)C(C)N(Cc1ccccc1)Cc1ccccc1. The molecule has 196 valence electrons. The van der Waals surface area contributed by atoms with Crippen LogP contribution in [0, 0.1) is 0 Å². The van der Waals surface area contributed by atoms with E-state index in [-0.39, 0.29) is 6.10 Å². The predicted molar refractivity (Wildman–Crippen MR) is 153 cm³/mol. The normalized spacial score (nSPS) is 13.3. The Hall–Kier alpha value is -1.64. The van der Waals surface area contributed by atoms with E-state index in [4.69, 9.17) is 4.74 Å². The van der Waals surface area contributed by atoms with Crippen molar-refractivity contribution in [3.8, 4) is 0 Å². The van der Waals surface area contributed by atoms with E-state index in [0.29, 0.717) is 6.04 Å². The Kier molecular flexibility index (Phi) is 16.5. The zero-order chi connectivity index (χ0) is 25.0. The van der Waals surface area contributed by atoms with Crippen LogP contribution in [-0.4, -0.2) is 24.2 Å². The van der Waals surface area contributed by atoms with Crippen molar-refractivity contribution >= 4 is 0 Å². The van der Waals surface area contributed by atoms with E-state index in [1.54, 1.807) is 0 Å². The summed E-state index contributed by atoms with van der Waals surface area (Å²) in [4.78, 5) is 2.58. The van der Waals surface area contributed by atoms with Crippen LogP contribution in [0.25, 0.3) is 0 Å². The van der Waals surface area contributed by atoms with E-state index in [9.17, 15) is 0 Å². The van der Waals surface area contributed by atoms with Crippen LogP contribution in [0.5, 0.6) is 0 Å². The maximum atomic E-state index is 6.03. The lowest BCUT2D eigenvalue weighted by atomic mass is 10.0. The molecule has 35 heavy (non-hydrogen) atoms. The topological polar surface area (TPSA) is 12.5 Å². The minimum Gasteiger partial charge on any atom is -0.380 e. The van der Waals surface area contributed by atoms with Gasteiger partial charge in [-0.15, -0.1) is 0 Å². The molecule has 2 unspecified atom stereocenters. The minimum absolute atomic E-state index is 0.273. The lowest BCUT2D eigenvalue weighted by Crippen LogP contribution is -2.41. The number of unbranched alkanes of at least 4 members (excludes halogenated alkanes) is 12. The fraction of sp³-hybridized carbons (Fsp3) is 0.636. The van der Waals surface area contributed by atoms with Crippen molar-refractivity contribution < 1.29 is 4.74 Å². The third-order valence-electron chi connectivity index (χ3n) is 7.47. The molecule has 0 spiro atoms.